The molecule has 9 heavy (non-hydrogen) atoms. The molecule has 1 heterocycles. The zero-order chi connectivity index (χ0) is 6.69. The molecule has 2 atom stereocenters. The van der Waals surface area contributed by atoms with E-state index in [2.05, 4.69) is 6.92 Å². The fraction of sp³-hybridized carbons (Fsp3) is 1.00. The minimum atomic E-state index is 0.300. The molecule has 1 rings (SSSR count). The molecule has 1 fully saturated rings. The molecule has 1 aliphatic rings. The second-order valence-electron chi connectivity index (χ2n) is 2.78. The van der Waals surface area contributed by atoms with Crippen LogP contribution in [0.3, 0.4) is 0 Å². The summed E-state index contributed by atoms with van der Waals surface area (Å²) in [7, 11) is 0. The highest BCUT2D eigenvalue weighted by Crippen LogP contribution is 2.20. The van der Waals surface area contributed by atoms with Crippen molar-refractivity contribution in [3.63, 3.8) is 0 Å². The molecule has 0 aromatic rings. The topological polar surface area (TPSA) is 29.5 Å². The summed E-state index contributed by atoms with van der Waals surface area (Å²) >= 11 is 0. The second-order valence-corrected chi connectivity index (χ2v) is 2.78. The fourth-order valence-corrected chi connectivity index (χ4v) is 1.15. The molecular formula is C7H14O2. The molecule has 0 amide bonds. The summed E-state index contributed by atoms with van der Waals surface area (Å²) in [4.78, 5) is 0. The van der Waals surface area contributed by atoms with E-state index in [4.69, 9.17) is 9.84 Å². The van der Waals surface area contributed by atoms with Gasteiger partial charge in [0, 0.05) is 19.8 Å². The Hall–Kier alpha value is -0.0800. The molecule has 2 heteroatoms. The molecule has 0 saturated carbocycles. The zero-order valence-electron chi connectivity index (χ0n) is 5.84. The molecule has 1 aliphatic heterocycles. The lowest BCUT2D eigenvalue weighted by molar-refractivity contribution is 0.147. The molecule has 1 unspecified atom stereocenters. The lowest BCUT2D eigenvalue weighted by atomic mass is 9.94. The number of hydrogen-bond donors (Lipinski definition) is 1. The molecule has 0 bridgehead atoms. The molecule has 0 spiro atoms. The maximum Gasteiger partial charge on any atom is 0.0498 e. The van der Waals surface area contributed by atoms with E-state index in [9.17, 15) is 0 Å². The average molecular weight is 130 g/mol. The quantitative estimate of drug-likeness (QED) is 0.594. The number of aliphatic hydroxyl groups is 1. The number of aliphatic hydroxyl groups excluding tert-OH is 1. The lowest BCUT2D eigenvalue weighted by Crippen LogP contribution is -2.14. The molecule has 2 nitrogen and oxygen atoms in total. The van der Waals surface area contributed by atoms with Crippen LogP contribution in [-0.4, -0.2) is 24.9 Å². The molecule has 0 radical (unpaired) electrons. The van der Waals surface area contributed by atoms with Crippen molar-refractivity contribution in [1.29, 1.82) is 0 Å². The summed E-state index contributed by atoms with van der Waals surface area (Å²) in [5.41, 5.74) is 0. The van der Waals surface area contributed by atoms with Crippen LogP contribution in [-0.2, 0) is 4.74 Å². The van der Waals surface area contributed by atoms with Crippen molar-refractivity contribution in [3.05, 3.63) is 0 Å². The lowest BCUT2D eigenvalue weighted by Gasteiger charge is -2.13. The first-order valence-corrected chi connectivity index (χ1v) is 3.53. The van der Waals surface area contributed by atoms with Crippen molar-refractivity contribution in [2.24, 2.45) is 11.8 Å². The van der Waals surface area contributed by atoms with Gasteiger partial charge in [-0.15, -0.1) is 0 Å². The average Bonchev–Trinajstić information content (AvgIpc) is 2.37. The Morgan fingerprint density at radius 1 is 1.78 bits per heavy atom. The van der Waals surface area contributed by atoms with Crippen molar-refractivity contribution in [2.45, 2.75) is 13.3 Å². The van der Waals surface area contributed by atoms with Crippen molar-refractivity contribution >= 4 is 0 Å². The largest absolute Gasteiger partial charge is 0.396 e. The van der Waals surface area contributed by atoms with Crippen LogP contribution >= 0.6 is 0 Å². The molecule has 0 aromatic heterocycles. The van der Waals surface area contributed by atoms with E-state index in [0.29, 0.717) is 18.4 Å². The van der Waals surface area contributed by atoms with Crippen molar-refractivity contribution in [3.8, 4) is 0 Å². The maximum absolute atomic E-state index is 8.74. The van der Waals surface area contributed by atoms with Crippen molar-refractivity contribution < 1.29 is 9.84 Å². The van der Waals surface area contributed by atoms with E-state index in [-0.39, 0.29) is 0 Å². The van der Waals surface area contributed by atoms with Crippen molar-refractivity contribution in [2.75, 3.05) is 19.8 Å². The van der Waals surface area contributed by atoms with E-state index in [1.165, 1.54) is 0 Å². The Balaban J connectivity index is 2.24. The highest BCUT2D eigenvalue weighted by molar-refractivity contribution is 4.69. The van der Waals surface area contributed by atoms with Gasteiger partial charge in [0.2, 0.25) is 0 Å². The predicted molar refractivity (Wildman–Crippen MR) is 35.2 cm³/mol. The van der Waals surface area contributed by atoms with E-state index < -0.39 is 0 Å². The van der Waals surface area contributed by atoms with Gasteiger partial charge in [0.25, 0.3) is 0 Å². The van der Waals surface area contributed by atoms with Gasteiger partial charge in [0.1, 0.15) is 0 Å². The normalized spacial score (nSPS) is 30.7. The standard InChI is InChI=1S/C7H14O2/c1-6(4-8)7-2-3-9-5-7/h6-8H,2-5H2,1H3/t6-,7?/m0/s1. The predicted octanol–water partition coefficient (Wildman–Crippen LogP) is 0.651. The number of ether oxygens (including phenoxy) is 1. The van der Waals surface area contributed by atoms with Crippen LogP contribution in [0.15, 0.2) is 0 Å². The van der Waals surface area contributed by atoms with Gasteiger partial charge in [0.05, 0.1) is 0 Å². The van der Waals surface area contributed by atoms with Gasteiger partial charge < -0.3 is 9.84 Å². The third-order valence-electron chi connectivity index (χ3n) is 2.06. The highest BCUT2D eigenvalue weighted by Gasteiger charge is 2.20. The van der Waals surface area contributed by atoms with Gasteiger partial charge in [-0.05, 0) is 18.3 Å². The van der Waals surface area contributed by atoms with Gasteiger partial charge in [-0.25, -0.2) is 0 Å². The van der Waals surface area contributed by atoms with Crippen LogP contribution in [0, 0.1) is 11.8 Å². The third kappa shape index (κ3) is 1.66. The van der Waals surface area contributed by atoms with Crippen LogP contribution in [0.25, 0.3) is 0 Å². The Morgan fingerprint density at radius 2 is 2.56 bits per heavy atom. The van der Waals surface area contributed by atoms with Gasteiger partial charge in [-0.3, -0.25) is 0 Å². The first kappa shape index (κ1) is 7.03. The molecule has 54 valence electrons. The van der Waals surface area contributed by atoms with Crippen LogP contribution in [0.1, 0.15) is 13.3 Å². The van der Waals surface area contributed by atoms with Gasteiger partial charge in [-0.2, -0.15) is 0 Å². The summed E-state index contributed by atoms with van der Waals surface area (Å²) in [5, 5.41) is 8.74. The third-order valence-corrected chi connectivity index (χ3v) is 2.06. The molecule has 0 aliphatic carbocycles. The Morgan fingerprint density at radius 3 is 3.00 bits per heavy atom. The van der Waals surface area contributed by atoms with Gasteiger partial charge in [0.15, 0.2) is 0 Å². The van der Waals surface area contributed by atoms with E-state index >= 15 is 0 Å². The molecule has 0 aromatic carbocycles. The zero-order valence-corrected chi connectivity index (χ0v) is 5.84. The van der Waals surface area contributed by atoms with E-state index in [0.717, 1.165) is 19.6 Å². The molecule has 1 saturated heterocycles. The fourth-order valence-electron chi connectivity index (χ4n) is 1.15. The summed E-state index contributed by atoms with van der Waals surface area (Å²) in [5.74, 6) is 1.03. The van der Waals surface area contributed by atoms with E-state index in [1.54, 1.807) is 0 Å². The molecular weight excluding hydrogens is 116 g/mol. The summed E-state index contributed by atoms with van der Waals surface area (Å²) < 4.78 is 5.17. The highest BCUT2D eigenvalue weighted by atomic mass is 16.5. The first-order chi connectivity index (χ1) is 4.34. The Bertz CT molecular complexity index is 77.0. The number of rotatable bonds is 2. The maximum atomic E-state index is 8.74. The first-order valence-electron chi connectivity index (χ1n) is 3.53. The van der Waals surface area contributed by atoms with Gasteiger partial charge in [-0.1, -0.05) is 6.92 Å². The second kappa shape index (κ2) is 3.18. The monoisotopic (exact) mass is 130 g/mol. The molecule has 1 N–H and O–H groups in total. The smallest absolute Gasteiger partial charge is 0.0498 e. The summed E-state index contributed by atoms with van der Waals surface area (Å²) in [6, 6.07) is 0. The minimum Gasteiger partial charge on any atom is -0.396 e. The van der Waals surface area contributed by atoms with Crippen LogP contribution in [0.4, 0.5) is 0 Å². The van der Waals surface area contributed by atoms with E-state index in [1.807, 2.05) is 0 Å². The summed E-state index contributed by atoms with van der Waals surface area (Å²) in [6.45, 7) is 4.10. The van der Waals surface area contributed by atoms with Gasteiger partial charge >= 0.3 is 0 Å². The van der Waals surface area contributed by atoms with Crippen LogP contribution in [0.2, 0.25) is 0 Å². The Kier molecular flexibility index (Phi) is 2.49. The van der Waals surface area contributed by atoms with Crippen LogP contribution in [0.5, 0.6) is 0 Å². The SMILES string of the molecule is C[C@@H](CO)C1CCOC1. The minimum absolute atomic E-state index is 0.300. The van der Waals surface area contributed by atoms with Crippen molar-refractivity contribution in [1.82, 2.24) is 0 Å². The number of hydrogen-bond acceptors (Lipinski definition) is 2. The Labute approximate surface area is 55.8 Å². The van der Waals surface area contributed by atoms with Crippen LogP contribution < -0.4 is 0 Å². The summed E-state index contributed by atoms with van der Waals surface area (Å²) in [6.07, 6.45) is 1.13.